The zero-order valence-corrected chi connectivity index (χ0v) is 13.4. The molecule has 20 heavy (non-hydrogen) atoms. The van der Waals surface area contributed by atoms with Crippen molar-refractivity contribution in [2.24, 2.45) is 5.73 Å². The molecule has 0 radical (unpaired) electrons. The van der Waals surface area contributed by atoms with Gasteiger partial charge in [-0.1, -0.05) is 19.1 Å². The number of thiazole rings is 1. The topological polar surface area (TPSA) is 63.8 Å². The minimum absolute atomic E-state index is 0.157. The maximum absolute atomic E-state index is 5.84. The molecule has 0 bridgehead atoms. The summed E-state index contributed by atoms with van der Waals surface area (Å²) < 4.78 is 0. The second kappa shape index (κ2) is 6.28. The first-order valence-electron chi connectivity index (χ1n) is 6.47. The number of thiocarbonyl (C=S) groups is 1. The van der Waals surface area contributed by atoms with Crippen LogP contribution in [0, 0.1) is 13.8 Å². The van der Waals surface area contributed by atoms with Crippen LogP contribution in [0.3, 0.4) is 0 Å². The van der Waals surface area contributed by atoms with E-state index >= 15 is 0 Å². The summed E-state index contributed by atoms with van der Waals surface area (Å²) in [5.74, 6) is 0. The van der Waals surface area contributed by atoms with Crippen LogP contribution in [0.4, 0.5) is 5.69 Å². The normalized spacial score (nSPS) is 12.2. The van der Waals surface area contributed by atoms with Gasteiger partial charge in [-0.3, -0.25) is 4.98 Å². The zero-order chi connectivity index (χ0) is 14.7. The third-order valence-corrected chi connectivity index (χ3v) is 4.16. The average molecular weight is 306 g/mol. The number of nitrogens with one attached hydrogen (secondary N) is 1. The van der Waals surface area contributed by atoms with E-state index < -0.39 is 0 Å². The Bertz CT molecular complexity index is 608. The van der Waals surface area contributed by atoms with Crippen LogP contribution in [-0.4, -0.2) is 15.0 Å². The molecule has 0 saturated carbocycles. The van der Waals surface area contributed by atoms with Gasteiger partial charge in [-0.2, -0.15) is 0 Å². The lowest BCUT2D eigenvalue weighted by Crippen LogP contribution is -2.18. The summed E-state index contributed by atoms with van der Waals surface area (Å²) in [4.78, 5) is 9.18. The molecular weight excluding hydrogens is 288 g/mol. The monoisotopic (exact) mass is 306 g/mol. The number of nitrogens with zero attached hydrogens (tertiary/aromatic N) is 2. The summed E-state index contributed by atoms with van der Waals surface area (Å²) in [7, 11) is 0. The van der Waals surface area contributed by atoms with E-state index in [2.05, 4.69) is 22.2 Å². The minimum atomic E-state index is 0.157. The Labute approximate surface area is 128 Å². The van der Waals surface area contributed by atoms with Gasteiger partial charge in [0.2, 0.25) is 0 Å². The second-order valence-electron chi connectivity index (χ2n) is 4.61. The Morgan fingerprint density at radius 1 is 1.50 bits per heavy atom. The smallest absolute Gasteiger partial charge is 0.115 e. The van der Waals surface area contributed by atoms with Gasteiger partial charge in [0.25, 0.3) is 0 Å². The summed E-state index contributed by atoms with van der Waals surface area (Å²) >= 11 is 6.80. The van der Waals surface area contributed by atoms with E-state index in [4.69, 9.17) is 18.0 Å². The summed E-state index contributed by atoms with van der Waals surface area (Å²) in [5, 5.41) is 6.55. The molecule has 2 aromatic rings. The van der Waals surface area contributed by atoms with E-state index in [1.807, 2.05) is 31.5 Å². The molecule has 2 aromatic heterocycles. The second-order valence-corrected chi connectivity index (χ2v) is 5.98. The van der Waals surface area contributed by atoms with Gasteiger partial charge in [0.15, 0.2) is 0 Å². The third kappa shape index (κ3) is 3.13. The fraction of sp³-hybridized carbons (Fsp3) is 0.357. The third-order valence-electron chi connectivity index (χ3n) is 3.06. The molecule has 0 aliphatic rings. The van der Waals surface area contributed by atoms with Crippen LogP contribution in [0.2, 0.25) is 0 Å². The molecule has 0 aromatic carbocycles. The van der Waals surface area contributed by atoms with E-state index in [9.17, 15) is 0 Å². The van der Waals surface area contributed by atoms with E-state index in [1.54, 1.807) is 11.3 Å². The molecule has 3 N–H and O–H groups in total. The fourth-order valence-electron chi connectivity index (χ4n) is 2.19. The van der Waals surface area contributed by atoms with Crippen molar-refractivity contribution >= 4 is 34.2 Å². The van der Waals surface area contributed by atoms with Crippen LogP contribution in [0.5, 0.6) is 0 Å². The molecule has 106 valence electrons. The van der Waals surface area contributed by atoms with Crippen molar-refractivity contribution in [2.75, 3.05) is 5.32 Å². The summed E-state index contributed by atoms with van der Waals surface area (Å²) in [6.07, 6.45) is 2.76. The number of nitrogens with two attached hydrogens (primary N) is 1. The molecule has 4 nitrogen and oxygen atoms in total. The van der Waals surface area contributed by atoms with Crippen LogP contribution in [0.25, 0.3) is 0 Å². The molecule has 0 aliphatic heterocycles. The molecule has 6 heteroatoms. The van der Waals surface area contributed by atoms with Gasteiger partial charge in [0.1, 0.15) is 10.00 Å². The van der Waals surface area contributed by atoms with Crippen molar-refractivity contribution in [3.63, 3.8) is 0 Å². The standard InChI is InChI=1S/C14H18N4S2/c1-4-10(14-16-5-6-20-14)18-11-7-8(2)17-9(3)12(11)13(15)19/h5-7,10H,4H2,1-3H3,(H2,15,19)(H,17,18). The predicted octanol–water partition coefficient (Wildman–Crippen LogP) is 3.35. The van der Waals surface area contributed by atoms with Crippen molar-refractivity contribution in [2.45, 2.75) is 33.2 Å². The predicted molar refractivity (Wildman–Crippen MR) is 88.4 cm³/mol. The molecule has 1 atom stereocenters. The SMILES string of the molecule is CCC(Nc1cc(C)nc(C)c1C(N)=S)c1nccs1. The number of hydrogen-bond donors (Lipinski definition) is 2. The lowest BCUT2D eigenvalue weighted by atomic mass is 10.1. The molecule has 0 amide bonds. The minimum Gasteiger partial charge on any atom is -0.389 e. The molecular formula is C14H18N4S2. The van der Waals surface area contributed by atoms with E-state index in [0.29, 0.717) is 4.99 Å². The highest BCUT2D eigenvalue weighted by molar-refractivity contribution is 7.80. The largest absolute Gasteiger partial charge is 0.389 e. The Morgan fingerprint density at radius 3 is 2.80 bits per heavy atom. The Morgan fingerprint density at radius 2 is 2.25 bits per heavy atom. The van der Waals surface area contributed by atoms with Crippen LogP contribution in [-0.2, 0) is 0 Å². The Balaban J connectivity index is 2.39. The lowest BCUT2D eigenvalue weighted by Gasteiger charge is -2.20. The van der Waals surface area contributed by atoms with E-state index in [0.717, 1.165) is 34.1 Å². The van der Waals surface area contributed by atoms with Crippen molar-refractivity contribution in [1.29, 1.82) is 0 Å². The summed E-state index contributed by atoms with van der Waals surface area (Å²) in [6.45, 7) is 6.02. The maximum Gasteiger partial charge on any atom is 0.115 e. The highest BCUT2D eigenvalue weighted by atomic mass is 32.1. The van der Waals surface area contributed by atoms with Crippen molar-refractivity contribution in [3.05, 3.63) is 39.6 Å². The van der Waals surface area contributed by atoms with Crippen molar-refractivity contribution < 1.29 is 0 Å². The number of rotatable bonds is 5. The van der Waals surface area contributed by atoms with Crippen LogP contribution >= 0.6 is 23.6 Å². The highest BCUT2D eigenvalue weighted by Crippen LogP contribution is 2.27. The number of anilines is 1. The lowest BCUT2D eigenvalue weighted by molar-refractivity contribution is 0.741. The number of hydrogen-bond acceptors (Lipinski definition) is 5. The van der Waals surface area contributed by atoms with Gasteiger partial charge in [0, 0.05) is 28.7 Å². The molecule has 1 unspecified atom stereocenters. The fourth-order valence-corrected chi connectivity index (χ4v) is 3.22. The first-order chi connectivity index (χ1) is 9.52. The Hall–Kier alpha value is -1.53. The first-order valence-corrected chi connectivity index (χ1v) is 7.75. The number of aromatic nitrogens is 2. The summed E-state index contributed by atoms with van der Waals surface area (Å²) in [6, 6.07) is 2.14. The van der Waals surface area contributed by atoms with Crippen molar-refractivity contribution in [1.82, 2.24) is 9.97 Å². The van der Waals surface area contributed by atoms with Crippen LogP contribution in [0.15, 0.2) is 17.6 Å². The van der Waals surface area contributed by atoms with Crippen molar-refractivity contribution in [3.8, 4) is 0 Å². The molecule has 2 rings (SSSR count). The van der Waals surface area contributed by atoms with E-state index in [1.165, 1.54) is 0 Å². The number of pyridine rings is 1. The van der Waals surface area contributed by atoms with Crippen LogP contribution in [0.1, 0.15) is 41.3 Å². The van der Waals surface area contributed by atoms with Gasteiger partial charge >= 0.3 is 0 Å². The van der Waals surface area contributed by atoms with Gasteiger partial charge in [-0.05, 0) is 26.3 Å². The van der Waals surface area contributed by atoms with Gasteiger partial charge in [0.05, 0.1) is 11.6 Å². The molecule has 0 aliphatic carbocycles. The molecule has 0 spiro atoms. The average Bonchev–Trinajstić information content (AvgIpc) is 2.88. The van der Waals surface area contributed by atoms with E-state index in [-0.39, 0.29) is 6.04 Å². The zero-order valence-electron chi connectivity index (χ0n) is 11.8. The highest BCUT2D eigenvalue weighted by Gasteiger charge is 2.17. The van der Waals surface area contributed by atoms with Crippen LogP contribution < -0.4 is 11.1 Å². The number of aryl methyl sites for hydroxylation is 2. The maximum atomic E-state index is 5.84. The van der Waals surface area contributed by atoms with Gasteiger partial charge < -0.3 is 11.1 Å². The summed E-state index contributed by atoms with van der Waals surface area (Å²) in [5.41, 5.74) is 9.39. The Kier molecular flexibility index (Phi) is 4.67. The van der Waals surface area contributed by atoms with Gasteiger partial charge in [-0.15, -0.1) is 11.3 Å². The van der Waals surface area contributed by atoms with Gasteiger partial charge in [-0.25, -0.2) is 4.98 Å². The first kappa shape index (κ1) is 14.9. The molecule has 2 heterocycles. The molecule has 0 fully saturated rings. The quantitative estimate of drug-likeness (QED) is 0.829. The molecule has 0 saturated heterocycles.